The van der Waals surface area contributed by atoms with Gasteiger partial charge in [-0.3, -0.25) is 0 Å². The van der Waals surface area contributed by atoms with Crippen molar-refractivity contribution in [2.75, 3.05) is 5.73 Å². The number of thiophene rings is 2. The van der Waals surface area contributed by atoms with Crippen LogP contribution in [0.3, 0.4) is 0 Å². The third-order valence-corrected chi connectivity index (χ3v) is 12.3. The fraction of sp³-hybridized carbons (Fsp3) is 0.0270. The minimum absolute atomic E-state index is 0.785. The predicted molar refractivity (Wildman–Crippen MR) is 207 cm³/mol. The topological polar surface area (TPSA) is 26.0 Å². The summed E-state index contributed by atoms with van der Waals surface area (Å²) in [5.41, 5.74) is 9.00. The Hall–Kier alpha value is -2.75. The molecule has 0 aliphatic carbocycles. The van der Waals surface area contributed by atoms with Crippen molar-refractivity contribution in [3.8, 4) is 0 Å². The first-order valence-electron chi connectivity index (χ1n) is 13.7. The largest absolute Gasteiger partial charge is 0.398 e. The first kappa shape index (κ1) is 30.3. The number of benzene rings is 6. The molecule has 6 aromatic carbocycles. The van der Waals surface area contributed by atoms with Gasteiger partial charge in [-0.05, 0) is 92.5 Å². The predicted octanol–water partition coefficient (Wildman–Crippen LogP) is 13.1. The molecular formula is C37H26Br2INS2. The third-order valence-electron chi connectivity index (χ3n) is 7.09. The Morgan fingerprint density at radius 3 is 1.60 bits per heavy atom. The van der Waals surface area contributed by atoms with E-state index in [0.717, 1.165) is 16.6 Å². The minimum atomic E-state index is 0.785. The standard InChI is InChI=1S/C19H13BrS.C12H7IS.C6H6BrN/c20-17-10-3-1-6-13(17)12-14-7-5-9-16-15-8-2-4-11-18(15)21-19(14)16;13-10-6-3-5-9-8-4-1-2-7-11(8)14-12(9)10;7-5-3-1-2-4-6(5)8/h1-11H,12H2;1-7H;1-4H,8H2. The van der Waals surface area contributed by atoms with Crippen LogP contribution in [0.4, 0.5) is 5.69 Å². The Bertz CT molecular complexity index is 2160. The third kappa shape index (κ3) is 6.84. The second kappa shape index (κ2) is 13.9. The highest BCUT2D eigenvalue weighted by Gasteiger charge is 2.10. The fourth-order valence-corrected chi connectivity index (χ4v) is 8.84. The van der Waals surface area contributed by atoms with E-state index in [0.29, 0.717) is 0 Å². The van der Waals surface area contributed by atoms with E-state index < -0.39 is 0 Å². The molecule has 43 heavy (non-hydrogen) atoms. The van der Waals surface area contributed by atoms with Crippen LogP contribution in [0.15, 0.2) is 142 Å². The number of hydrogen-bond donors (Lipinski definition) is 1. The van der Waals surface area contributed by atoms with Crippen molar-refractivity contribution >= 4 is 123 Å². The van der Waals surface area contributed by atoms with Gasteiger partial charge in [-0.1, -0.05) is 113 Å². The molecule has 2 heterocycles. The maximum atomic E-state index is 5.47. The fourth-order valence-electron chi connectivity index (χ4n) is 4.98. The highest BCUT2D eigenvalue weighted by atomic mass is 127. The van der Waals surface area contributed by atoms with Crippen molar-refractivity contribution in [3.63, 3.8) is 0 Å². The van der Waals surface area contributed by atoms with Crippen molar-refractivity contribution < 1.29 is 0 Å². The van der Waals surface area contributed by atoms with Gasteiger partial charge in [-0.15, -0.1) is 22.7 Å². The molecule has 0 radical (unpaired) electrons. The lowest BCUT2D eigenvalue weighted by Crippen LogP contribution is -1.89. The zero-order valence-electron chi connectivity index (χ0n) is 22.9. The van der Waals surface area contributed by atoms with Gasteiger partial charge in [0.15, 0.2) is 0 Å². The number of para-hydroxylation sites is 1. The van der Waals surface area contributed by atoms with Crippen LogP contribution < -0.4 is 5.73 Å². The van der Waals surface area contributed by atoms with Gasteiger partial charge in [0.05, 0.1) is 0 Å². The molecule has 2 aromatic heterocycles. The molecule has 0 unspecified atom stereocenters. The summed E-state index contributed by atoms with van der Waals surface area (Å²) < 4.78 is 9.06. The van der Waals surface area contributed by atoms with Crippen LogP contribution >= 0.6 is 77.1 Å². The average Bonchev–Trinajstić information content (AvgIpc) is 3.61. The SMILES string of the molecule is Brc1ccccc1Cc1cccc2c1sc1ccccc12.Ic1cccc2c1sc1ccccc12.Nc1ccccc1Br. The quantitative estimate of drug-likeness (QED) is 0.136. The number of anilines is 1. The molecule has 0 amide bonds. The van der Waals surface area contributed by atoms with Crippen LogP contribution in [0.25, 0.3) is 40.3 Å². The summed E-state index contributed by atoms with van der Waals surface area (Å²) in [6, 6.07) is 46.5. The van der Waals surface area contributed by atoms with Crippen LogP contribution in [0.1, 0.15) is 11.1 Å². The number of fused-ring (bicyclic) bond motifs is 6. The van der Waals surface area contributed by atoms with Crippen molar-refractivity contribution in [2.45, 2.75) is 6.42 Å². The molecule has 8 rings (SSSR count). The van der Waals surface area contributed by atoms with E-state index in [4.69, 9.17) is 5.73 Å². The smallest absolute Gasteiger partial charge is 0.0488 e. The molecule has 0 bridgehead atoms. The highest BCUT2D eigenvalue weighted by Crippen LogP contribution is 2.37. The van der Waals surface area contributed by atoms with E-state index in [9.17, 15) is 0 Å². The Kier molecular flexibility index (Phi) is 9.80. The monoisotopic (exact) mass is 833 g/mol. The molecule has 0 aliphatic heterocycles. The lowest BCUT2D eigenvalue weighted by molar-refractivity contribution is 1.20. The van der Waals surface area contributed by atoms with Crippen molar-refractivity contribution in [2.24, 2.45) is 0 Å². The Morgan fingerprint density at radius 1 is 0.488 bits per heavy atom. The van der Waals surface area contributed by atoms with Gasteiger partial charge in [-0.25, -0.2) is 0 Å². The second-order valence-electron chi connectivity index (χ2n) is 9.90. The van der Waals surface area contributed by atoms with Crippen LogP contribution in [-0.2, 0) is 6.42 Å². The summed E-state index contributed by atoms with van der Waals surface area (Å²) in [5.74, 6) is 0. The maximum absolute atomic E-state index is 5.47. The molecule has 6 heteroatoms. The van der Waals surface area contributed by atoms with Crippen molar-refractivity contribution in [1.82, 2.24) is 0 Å². The van der Waals surface area contributed by atoms with Gasteiger partial charge in [0, 0.05) is 58.5 Å². The maximum Gasteiger partial charge on any atom is 0.0488 e. The van der Waals surface area contributed by atoms with Crippen LogP contribution in [0.2, 0.25) is 0 Å². The number of hydrogen-bond acceptors (Lipinski definition) is 3. The molecule has 0 fully saturated rings. The number of nitrogens with two attached hydrogens (primary N) is 1. The van der Waals surface area contributed by atoms with Gasteiger partial charge in [0.1, 0.15) is 0 Å². The lowest BCUT2D eigenvalue weighted by atomic mass is 10.0. The van der Waals surface area contributed by atoms with Gasteiger partial charge in [0.25, 0.3) is 0 Å². The molecule has 8 aromatic rings. The van der Waals surface area contributed by atoms with Crippen molar-refractivity contribution in [1.29, 1.82) is 0 Å². The van der Waals surface area contributed by atoms with E-state index in [-0.39, 0.29) is 0 Å². The normalized spacial score (nSPS) is 10.9. The lowest BCUT2D eigenvalue weighted by Gasteiger charge is -2.05. The zero-order chi connectivity index (χ0) is 29.8. The molecule has 2 N–H and O–H groups in total. The van der Waals surface area contributed by atoms with Gasteiger partial charge >= 0.3 is 0 Å². The van der Waals surface area contributed by atoms with E-state index in [1.165, 1.54) is 59.5 Å². The van der Waals surface area contributed by atoms with Crippen molar-refractivity contribution in [3.05, 3.63) is 157 Å². The molecule has 212 valence electrons. The molecule has 0 saturated heterocycles. The Morgan fingerprint density at radius 2 is 0.977 bits per heavy atom. The summed E-state index contributed by atoms with van der Waals surface area (Å²) in [6.45, 7) is 0. The number of nitrogen functional groups attached to an aromatic ring is 1. The van der Waals surface area contributed by atoms with E-state index >= 15 is 0 Å². The van der Waals surface area contributed by atoms with Gasteiger partial charge < -0.3 is 5.73 Å². The summed E-state index contributed by atoms with van der Waals surface area (Å²) >= 11 is 13.1. The van der Waals surface area contributed by atoms with Crippen LogP contribution in [0, 0.1) is 3.57 Å². The van der Waals surface area contributed by atoms with Gasteiger partial charge in [0.2, 0.25) is 0 Å². The van der Waals surface area contributed by atoms with Crippen LogP contribution in [0.5, 0.6) is 0 Å². The molecule has 0 saturated carbocycles. The molecule has 0 atom stereocenters. The average molecular weight is 835 g/mol. The molecular weight excluding hydrogens is 809 g/mol. The molecule has 0 aliphatic rings. The summed E-state index contributed by atoms with van der Waals surface area (Å²) in [4.78, 5) is 0. The van der Waals surface area contributed by atoms with E-state index in [1.807, 2.05) is 46.9 Å². The van der Waals surface area contributed by atoms with E-state index in [1.54, 1.807) is 0 Å². The second-order valence-corrected chi connectivity index (χ2v) is 14.9. The summed E-state index contributed by atoms with van der Waals surface area (Å²) in [6.07, 6.45) is 0.964. The minimum Gasteiger partial charge on any atom is -0.398 e. The summed E-state index contributed by atoms with van der Waals surface area (Å²) in [5, 5.41) is 5.51. The van der Waals surface area contributed by atoms with E-state index in [2.05, 4.69) is 164 Å². The van der Waals surface area contributed by atoms with Crippen LogP contribution in [-0.4, -0.2) is 0 Å². The number of rotatable bonds is 2. The first-order valence-corrected chi connectivity index (χ1v) is 18.0. The first-order chi connectivity index (χ1) is 21.0. The molecule has 1 nitrogen and oxygen atoms in total. The molecule has 0 spiro atoms. The zero-order valence-corrected chi connectivity index (χ0v) is 29.9. The Labute approximate surface area is 289 Å². The summed E-state index contributed by atoms with van der Waals surface area (Å²) in [7, 11) is 0. The Balaban J connectivity index is 0.000000128. The highest BCUT2D eigenvalue weighted by molar-refractivity contribution is 14.1. The van der Waals surface area contributed by atoms with Gasteiger partial charge in [-0.2, -0.15) is 0 Å². The number of halogens is 3.